The second-order valence-electron chi connectivity index (χ2n) is 6.96. The highest BCUT2D eigenvalue weighted by molar-refractivity contribution is 6.13. The lowest BCUT2D eigenvalue weighted by Gasteiger charge is -2.17. The molecule has 3 rings (SSSR count). The predicted molar refractivity (Wildman–Crippen MR) is 109 cm³/mol. The Bertz CT molecular complexity index is 882. The van der Waals surface area contributed by atoms with Crippen molar-refractivity contribution in [1.29, 1.82) is 0 Å². The third kappa shape index (κ3) is 5.06. The maximum absolute atomic E-state index is 12.9. The van der Waals surface area contributed by atoms with E-state index in [9.17, 15) is 13.6 Å². The van der Waals surface area contributed by atoms with Gasteiger partial charge < -0.3 is 9.64 Å². The van der Waals surface area contributed by atoms with E-state index >= 15 is 0 Å². The molecule has 0 amide bonds. The Morgan fingerprint density at radius 3 is 1.86 bits per heavy atom. The van der Waals surface area contributed by atoms with Crippen molar-refractivity contribution in [3.05, 3.63) is 70.8 Å². The van der Waals surface area contributed by atoms with Crippen molar-refractivity contribution in [2.75, 3.05) is 19.0 Å². The number of allylic oxidation sites excluding steroid dienone is 2. The zero-order valence-electron chi connectivity index (χ0n) is 16.0. The minimum Gasteiger partial charge on any atom is -0.435 e. The lowest BCUT2D eigenvalue weighted by molar-refractivity contribution is -0.112. The number of nitrogens with zero attached hydrogens (tertiary/aromatic N) is 1. The molecule has 0 atom stereocenters. The van der Waals surface area contributed by atoms with Crippen LogP contribution in [0.15, 0.2) is 59.7 Å². The van der Waals surface area contributed by atoms with E-state index < -0.39 is 6.61 Å². The van der Waals surface area contributed by atoms with E-state index in [2.05, 4.69) is 4.74 Å². The van der Waals surface area contributed by atoms with Gasteiger partial charge in [-0.05, 0) is 66.8 Å². The normalized spacial score (nSPS) is 17.4. The van der Waals surface area contributed by atoms with Gasteiger partial charge in [0, 0.05) is 30.9 Å². The number of rotatable bonds is 5. The molecule has 1 aliphatic carbocycles. The van der Waals surface area contributed by atoms with E-state index in [4.69, 9.17) is 0 Å². The van der Waals surface area contributed by atoms with Crippen molar-refractivity contribution >= 4 is 23.6 Å². The molecule has 0 aromatic heterocycles. The Kier molecular flexibility index (Phi) is 6.24. The van der Waals surface area contributed by atoms with Crippen LogP contribution in [0, 0.1) is 0 Å². The molecule has 0 saturated heterocycles. The molecule has 0 N–H and O–H groups in total. The lowest BCUT2D eigenvalue weighted by Crippen LogP contribution is -2.12. The van der Waals surface area contributed by atoms with Crippen molar-refractivity contribution in [2.45, 2.75) is 25.9 Å². The summed E-state index contributed by atoms with van der Waals surface area (Å²) in [7, 11) is 3.97. The van der Waals surface area contributed by atoms with Crippen LogP contribution in [0.4, 0.5) is 14.5 Å². The summed E-state index contributed by atoms with van der Waals surface area (Å²) in [5.74, 6) is 0.157. The Labute approximate surface area is 163 Å². The molecule has 1 saturated carbocycles. The molecule has 1 aliphatic rings. The lowest BCUT2D eigenvalue weighted by atomic mass is 9.87. The van der Waals surface area contributed by atoms with Crippen LogP contribution >= 0.6 is 0 Å². The number of carbonyl (C=O) groups is 1. The number of anilines is 1. The minimum absolute atomic E-state index is 0.0517. The molecule has 1 fully saturated rings. The van der Waals surface area contributed by atoms with Gasteiger partial charge in [0.2, 0.25) is 0 Å². The van der Waals surface area contributed by atoms with Crippen LogP contribution in [0.2, 0.25) is 0 Å². The molecular weight excluding hydrogens is 360 g/mol. The number of hydrogen-bond donors (Lipinski definition) is 0. The first-order chi connectivity index (χ1) is 13.4. The molecule has 28 heavy (non-hydrogen) atoms. The van der Waals surface area contributed by atoms with E-state index in [1.165, 1.54) is 12.1 Å². The van der Waals surface area contributed by atoms with Gasteiger partial charge in [0.15, 0.2) is 5.78 Å². The quantitative estimate of drug-likeness (QED) is 0.632. The van der Waals surface area contributed by atoms with Crippen molar-refractivity contribution in [1.82, 2.24) is 0 Å². The average Bonchev–Trinajstić information content (AvgIpc) is 2.66. The van der Waals surface area contributed by atoms with Gasteiger partial charge in [-0.3, -0.25) is 4.79 Å². The molecule has 146 valence electrons. The molecule has 0 radical (unpaired) electrons. The largest absolute Gasteiger partial charge is 0.435 e. The van der Waals surface area contributed by atoms with Crippen LogP contribution in [-0.4, -0.2) is 26.5 Å². The monoisotopic (exact) mass is 383 g/mol. The third-order valence-corrected chi connectivity index (χ3v) is 4.67. The summed E-state index contributed by atoms with van der Waals surface area (Å²) in [5.41, 5.74) is 4.44. The number of ether oxygens (including phenoxy) is 1. The zero-order valence-corrected chi connectivity index (χ0v) is 16.0. The first-order valence-corrected chi connectivity index (χ1v) is 9.20. The van der Waals surface area contributed by atoms with Gasteiger partial charge in [0.05, 0.1) is 0 Å². The van der Waals surface area contributed by atoms with E-state index in [1.54, 1.807) is 12.1 Å². The Morgan fingerprint density at radius 2 is 1.39 bits per heavy atom. The SMILES string of the molecule is CN(C)c1ccc(/C=C2/CCC/C(=C\c3ccc(OC(F)F)cc3)C2=O)cc1. The number of benzene rings is 2. The van der Waals surface area contributed by atoms with Gasteiger partial charge in [-0.2, -0.15) is 8.78 Å². The summed E-state index contributed by atoms with van der Waals surface area (Å²) >= 11 is 0. The number of carbonyl (C=O) groups excluding carboxylic acids is 1. The summed E-state index contributed by atoms with van der Waals surface area (Å²) in [6.07, 6.45) is 6.16. The topological polar surface area (TPSA) is 29.5 Å². The first-order valence-electron chi connectivity index (χ1n) is 9.20. The summed E-state index contributed by atoms with van der Waals surface area (Å²) in [6.45, 7) is -2.84. The maximum atomic E-state index is 12.9. The summed E-state index contributed by atoms with van der Waals surface area (Å²) < 4.78 is 28.8. The molecule has 0 unspecified atom stereocenters. The molecule has 0 bridgehead atoms. The van der Waals surface area contributed by atoms with Crippen LogP contribution in [0.1, 0.15) is 30.4 Å². The van der Waals surface area contributed by atoms with E-state index in [1.807, 2.05) is 55.4 Å². The highest BCUT2D eigenvalue weighted by Gasteiger charge is 2.20. The van der Waals surface area contributed by atoms with Crippen molar-refractivity contribution in [3.63, 3.8) is 0 Å². The number of Topliss-reactive ketones (excluding diaryl/α,β-unsaturated/α-hetero) is 1. The second-order valence-corrected chi connectivity index (χ2v) is 6.96. The van der Waals surface area contributed by atoms with Crippen LogP contribution < -0.4 is 9.64 Å². The van der Waals surface area contributed by atoms with Crippen LogP contribution in [-0.2, 0) is 4.79 Å². The number of ketones is 1. The molecule has 0 aliphatic heterocycles. The van der Waals surface area contributed by atoms with Crippen molar-refractivity contribution in [3.8, 4) is 5.75 Å². The van der Waals surface area contributed by atoms with Gasteiger partial charge in [-0.1, -0.05) is 24.3 Å². The fraction of sp³-hybridized carbons (Fsp3) is 0.261. The molecule has 2 aromatic rings. The number of alkyl halides is 2. The summed E-state index contributed by atoms with van der Waals surface area (Å²) in [6, 6.07) is 14.4. The third-order valence-electron chi connectivity index (χ3n) is 4.67. The molecule has 0 heterocycles. The Hall–Kier alpha value is -2.95. The van der Waals surface area contributed by atoms with Crippen LogP contribution in [0.3, 0.4) is 0 Å². The molecule has 2 aromatic carbocycles. The summed E-state index contributed by atoms with van der Waals surface area (Å²) in [4.78, 5) is 14.9. The second kappa shape index (κ2) is 8.83. The predicted octanol–water partition coefficient (Wildman–Crippen LogP) is 5.57. The van der Waals surface area contributed by atoms with Crippen molar-refractivity contribution < 1.29 is 18.3 Å². The van der Waals surface area contributed by atoms with Gasteiger partial charge in [-0.15, -0.1) is 0 Å². The molecule has 5 heteroatoms. The Morgan fingerprint density at radius 1 is 0.893 bits per heavy atom. The van der Waals surface area contributed by atoms with E-state index in [-0.39, 0.29) is 11.5 Å². The van der Waals surface area contributed by atoms with Gasteiger partial charge in [0.1, 0.15) is 5.75 Å². The van der Waals surface area contributed by atoms with Crippen molar-refractivity contribution in [2.24, 2.45) is 0 Å². The molecule has 0 spiro atoms. The van der Waals surface area contributed by atoms with Crippen LogP contribution in [0.5, 0.6) is 5.75 Å². The number of hydrogen-bond acceptors (Lipinski definition) is 3. The zero-order chi connectivity index (χ0) is 20.1. The first kappa shape index (κ1) is 19.8. The van der Waals surface area contributed by atoms with Gasteiger partial charge in [0.25, 0.3) is 0 Å². The molecule has 3 nitrogen and oxygen atoms in total. The van der Waals surface area contributed by atoms with E-state index in [0.29, 0.717) is 6.42 Å². The minimum atomic E-state index is -2.84. The fourth-order valence-electron chi connectivity index (χ4n) is 3.19. The number of halogens is 2. The highest BCUT2D eigenvalue weighted by Crippen LogP contribution is 2.29. The van der Waals surface area contributed by atoms with Crippen LogP contribution in [0.25, 0.3) is 12.2 Å². The van der Waals surface area contributed by atoms with E-state index in [0.717, 1.165) is 40.8 Å². The average molecular weight is 383 g/mol. The fourth-order valence-corrected chi connectivity index (χ4v) is 3.19. The maximum Gasteiger partial charge on any atom is 0.387 e. The molecular formula is C23H23F2NO2. The smallest absolute Gasteiger partial charge is 0.387 e. The Balaban J connectivity index is 1.77. The standard InChI is InChI=1S/C23H23F2NO2/c1-26(2)20-10-6-16(7-11-20)14-18-4-3-5-19(22(18)27)15-17-8-12-21(13-9-17)28-23(24)25/h6-15,23H,3-5H2,1-2H3/b18-14-,19-15+. The highest BCUT2D eigenvalue weighted by atomic mass is 19.3. The van der Waals surface area contributed by atoms with Gasteiger partial charge >= 0.3 is 6.61 Å². The summed E-state index contributed by atoms with van der Waals surface area (Å²) in [5, 5.41) is 0. The van der Waals surface area contributed by atoms with Gasteiger partial charge in [-0.25, -0.2) is 0 Å².